The van der Waals surface area contributed by atoms with E-state index in [0.717, 1.165) is 13.0 Å². The molecular formula is C14H20FNO2. The molecule has 3 unspecified atom stereocenters. The second kappa shape index (κ2) is 5.24. The van der Waals surface area contributed by atoms with E-state index in [0.29, 0.717) is 17.2 Å². The molecule has 2 N–H and O–H groups in total. The van der Waals surface area contributed by atoms with Crippen LogP contribution in [0.1, 0.15) is 31.9 Å². The SMILES string of the molecule is CC(O)c1c(F)cccc1N1CCC(C)C1CO. The third-order valence-electron chi connectivity index (χ3n) is 3.83. The van der Waals surface area contributed by atoms with E-state index in [1.807, 2.05) is 11.0 Å². The number of benzene rings is 1. The summed E-state index contributed by atoms with van der Waals surface area (Å²) < 4.78 is 13.8. The van der Waals surface area contributed by atoms with Gasteiger partial charge in [0.15, 0.2) is 0 Å². The van der Waals surface area contributed by atoms with Gasteiger partial charge in [-0.1, -0.05) is 13.0 Å². The first-order valence-corrected chi connectivity index (χ1v) is 6.40. The molecule has 1 fully saturated rings. The number of nitrogens with zero attached hydrogens (tertiary/aromatic N) is 1. The molecule has 0 radical (unpaired) electrons. The van der Waals surface area contributed by atoms with Crippen molar-refractivity contribution in [3.05, 3.63) is 29.6 Å². The van der Waals surface area contributed by atoms with Gasteiger partial charge in [0.05, 0.1) is 18.8 Å². The summed E-state index contributed by atoms with van der Waals surface area (Å²) in [5.74, 6) is -0.0149. The number of hydrogen-bond donors (Lipinski definition) is 2. The van der Waals surface area contributed by atoms with Gasteiger partial charge in [-0.05, 0) is 31.4 Å². The lowest BCUT2D eigenvalue weighted by Gasteiger charge is -2.30. The van der Waals surface area contributed by atoms with Gasteiger partial charge in [0.2, 0.25) is 0 Å². The number of halogens is 1. The molecule has 1 aromatic rings. The summed E-state index contributed by atoms with van der Waals surface area (Å²) in [6.07, 6.45) is 0.123. The maximum atomic E-state index is 13.8. The summed E-state index contributed by atoms with van der Waals surface area (Å²) in [4.78, 5) is 2.01. The monoisotopic (exact) mass is 253 g/mol. The molecule has 4 heteroatoms. The molecule has 1 aromatic carbocycles. The summed E-state index contributed by atoms with van der Waals surface area (Å²) >= 11 is 0. The number of rotatable bonds is 3. The van der Waals surface area contributed by atoms with Gasteiger partial charge in [0.1, 0.15) is 5.82 Å². The minimum Gasteiger partial charge on any atom is -0.394 e. The molecular weight excluding hydrogens is 233 g/mol. The maximum absolute atomic E-state index is 13.8. The Kier molecular flexibility index (Phi) is 3.88. The van der Waals surface area contributed by atoms with Crippen molar-refractivity contribution in [3.63, 3.8) is 0 Å². The summed E-state index contributed by atoms with van der Waals surface area (Å²) in [6, 6.07) is 4.82. The van der Waals surface area contributed by atoms with Crippen LogP contribution in [0.15, 0.2) is 18.2 Å². The number of aliphatic hydroxyl groups is 2. The molecule has 1 aliphatic rings. The predicted octanol–water partition coefficient (Wildman–Crippen LogP) is 2.09. The van der Waals surface area contributed by atoms with Gasteiger partial charge in [-0.2, -0.15) is 0 Å². The second-order valence-electron chi connectivity index (χ2n) is 5.06. The van der Waals surface area contributed by atoms with E-state index < -0.39 is 11.9 Å². The van der Waals surface area contributed by atoms with E-state index in [9.17, 15) is 14.6 Å². The van der Waals surface area contributed by atoms with Gasteiger partial charge < -0.3 is 15.1 Å². The van der Waals surface area contributed by atoms with Crippen molar-refractivity contribution < 1.29 is 14.6 Å². The predicted molar refractivity (Wildman–Crippen MR) is 69.0 cm³/mol. The van der Waals surface area contributed by atoms with E-state index in [1.54, 1.807) is 13.0 Å². The molecule has 3 atom stereocenters. The van der Waals surface area contributed by atoms with Crippen LogP contribution < -0.4 is 4.90 Å². The fourth-order valence-electron chi connectivity index (χ4n) is 2.78. The molecule has 2 rings (SSSR count). The lowest BCUT2D eigenvalue weighted by molar-refractivity contribution is 0.193. The molecule has 0 spiro atoms. The average Bonchev–Trinajstić information content (AvgIpc) is 2.69. The lowest BCUT2D eigenvalue weighted by atomic mass is 10.0. The largest absolute Gasteiger partial charge is 0.394 e. The van der Waals surface area contributed by atoms with Crippen molar-refractivity contribution in [2.75, 3.05) is 18.1 Å². The Morgan fingerprint density at radius 3 is 2.83 bits per heavy atom. The molecule has 1 heterocycles. The smallest absolute Gasteiger partial charge is 0.131 e. The van der Waals surface area contributed by atoms with E-state index >= 15 is 0 Å². The number of aliphatic hydroxyl groups excluding tert-OH is 2. The first-order chi connectivity index (χ1) is 8.56. The summed E-state index contributed by atoms with van der Waals surface area (Å²) in [5.41, 5.74) is 1.03. The Labute approximate surface area is 107 Å². The normalized spacial score (nSPS) is 25.5. The van der Waals surface area contributed by atoms with Crippen LogP contribution in [0, 0.1) is 11.7 Å². The van der Waals surface area contributed by atoms with Crippen LogP contribution in [0.5, 0.6) is 0 Å². The molecule has 100 valence electrons. The van der Waals surface area contributed by atoms with Crippen LogP contribution in [-0.4, -0.2) is 29.4 Å². The van der Waals surface area contributed by atoms with Crippen LogP contribution in [0.2, 0.25) is 0 Å². The van der Waals surface area contributed by atoms with Crippen molar-refractivity contribution in [2.24, 2.45) is 5.92 Å². The van der Waals surface area contributed by atoms with Gasteiger partial charge in [0, 0.05) is 17.8 Å². The van der Waals surface area contributed by atoms with Gasteiger partial charge >= 0.3 is 0 Å². The third kappa shape index (κ3) is 2.22. The van der Waals surface area contributed by atoms with Crippen LogP contribution in [0.25, 0.3) is 0 Å². The van der Waals surface area contributed by atoms with Crippen molar-refractivity contribution in [2.45, 2.75) is 32.4 Å². The van der Waals surface area contributed by atoms with E-state index in [1.165, 1.54) is 6.07 Å². The van der Waals surface area contributed by atoms with Gasteiger partial charge in [-0.25, -0.2) is 4.39 Å². The molecule has 0 bridgehead atoms. The van der Waals surface area contributed by atoms with Crippen LogP contribution >= 0.6 is 0 Å². The zero-order valence-corrected chi connectivity index (χ0v) is 10.8. The summed E-state index contributed by atoms with van der Waals surface area (Å²) in [5, 5.41) is 19.2. The number of anilines is 1. The van der Waals surface area contributed by atoms with Crippen molar-refractivity contribution in [3.8, 4) is 0 Å². The summed E-state index contributed by atoms with van der Waals surface area (Å²) in [7, 11) is 0. The highest BCUT2D eigenvalue weighted by Crippen LogP contribution is 2.35. The molecule has 0 aliphatic carbocycles. The molecule has 0 aromatic heterocycles. The zero-order valence-electron chi connectivity index (χ0n) is 10.8. The molecule has 3 nitrogen and oxygen atoms in total. The summed E-state index contributed by atoms with van der Waals surface area (Å²) in [6.45, 7) is 4.49. The zero-order chi connectivity index (χ0) is 13.3. The quantitative estimate of drug-likeness (QED) is 0.867. The Morgan fingerprint density at radius 1 is 1.50 bits per heavy atom. The molecule has 0 saturated carbocycles. The van der Waals surface area contributed by atoms with Crippen LogP contribution in [0.3, 0.4) is 0 Å². The second-order valence-corrected chi connectivity index (χ2v) is 5.06. The van der Waals surface area contributed by atoms with Crippen LogP contribution in [-0.2, 0) is 0 Å². The number of hydrogen-bond acceptors (Lipinski definition) is 3. The van der Waals surface area contributed by atoms with Crippen molar-refractivity contribution in [1.82, 2.24) is 0 Å². The standard InChI is InChI=1S/C14H20FNO2/c1-9-6-7-16(13(9)8-17)12-5-3-4-11(15)14(12)10(2)18/h3-5,9-10,13,17-18H,6-8H2,1-2H3. The fraction of sp³-hybridized carbons (Fsp3) is 0.571. The Bertz CT molecular complexity index is 422. The first kappa shape index (κ1) is 13.3. The third-order valence-corrected chi connectivity index (χ3v) is 3.83. The average molecular weight is 253 g/mol. The van der Waals surface area contributed by atoms with E-state index in [-0.39, 0.29) is 12.6 Å². The van der Waals surface area contributed by atoms with Crippen LogP contribution in [0.4, 0.5) is 10.1 Å². The maximum Gasteiger partial charge on any atom is 0.131 e. The van der Waals surface area contributed by atoms with Crippen molar-refractivity contribution in [1.29, 1.82) is 0 Å². The van der Waals surface area contributed by atoms with Gasteiger partial charge in [-0.15, -0.1) is 0 Å². The Balaban J connectivity index is 2.42. The Morgan fingerprint density at radius 2 is 2.22 bits per heavy atom. The highest BCUT2D eigenvalue weighted by Gasteiger charge is 2.32. The highest BCUT2D eigenvalue weighted by molar-refractivity contribution is 5.56. The molecule has 1 aliphatic heterocycles. The topological polar surface area (TPSA) is 43.7 Å². The first-order valence-electron chi connectivity index (χ1n) is 6.40. The van der Waals surface area contributed by atoms with E-state index in [4.69, 9.17) is 0 Å². The molecule has 1 saturated heterocycles. The molecule has 18 heavy (non-hydrogen) atoms. The van der Waals surface area contributed by atoms with E-state index in [2.05, 4.69) is 6.92 Å². The Hall–Kier alpha value is -1.13. The fourth-order valence-corrected chi connectivity index (χ4v) is 2.78. The van der Waals surface area contributed by atoms with Crippen molar-refractivity contribution >= 4 is 5.69 Å². The van der Waals surface area contributed by atoms with Gasteiger partial charge in [-0.3, -0.25) is 0 Å². The van der Waals surface area contributed by atoms with Gasteiger partial charge in [0.25, 0.3) is 0 Å². The minimum absolute atomic E-state index is 0.00398. The molecule has 0 amide bonds. The lowest BCUT2D eigenvalue weighted by Crippen LogP contribution is -2.36. The highest BCUT2D eigenvalue weighted by atomic mass is 19.1. The minimum atomic E-state index is -0.851.